The Bertz CT molecular complexity index is 1130. The lowest BCUT2D eigenvalue weighted by Crippen LogP contribution is -2.05. The minimum Gasteiger partial charge on any atom is -0.493 e. The third-order valence-corrected chi connectivity index (χ3v) is 4.45. The SMILES string of the molecule is COc1ccc(CNc2nccc(Nc3cccc4cccnc34)n2)cc1OC. The van der Waals surface area contributed by atoms with E-state index in [1.165, 1.54) is 0 Å². The molecule has 0 fully saturated rings. The van der Waals surface area contributed by atoms with Gasteiger partial charge in [0, 0.05) is 24.3 Å². The molecule has 4 rings (SSSR count). The van der Waals surface area contributed by atoms with Crippen molar-refractivity contribution in [2.75, 3.05) is 24.9 Å². The number of hydrogen-bond donors (Lipinski definition) is 2. The molecule has 0 saturated carbocycles. The first kappa shape index (κ1) is 18.5. The van der Waals surface area contributed by atoms with Crippen LogP contribution in [0.25, 0.3) is 10.9 Å². The van der Waals surface area contributed by atoms with Gasteiger partial charge in [0.05, 0.1) is 25.4 Å². The number of ether oxygens (including phenoxy) is 2. The van der Waals surface area contributed by atoms with Crippen LogP contribution in [-0.4, -0.2) is 29.2 Å². The zero-order valence-corrected chi connectivity index (χ0v) is 16.2. The van der Waals surface area contributed by atoms with E-state index in [0.29, 0.717) is 29.8 Å². The minimum atomic E-state index is 0.526. The molecule has 0 bridgehead atoms. The molecule has 2 aromatic heterocycles. The van der Waals surface area contributed by atoms with E-state index in [1.54, 1.807) is 26.6 Å². The molecule has 29 heavy (non-hydrogen) atoms. The molecule has 0 saturated heterocycles. The first-order valence-electron chi connectivity index (χ1n) is 9.15. The molecule has 4 aromatic rings. The van der Waals surface area contributed by atoms with E-state index in [-0.39, 0.29) is 0 Å². The van der Waals surface area contributed by atoms with Gasteiger partial charge in [-0.2, -0.15) is 4.98 Å². The summed E-state index contributed by atoms with van der Waals surface area (Å²) in [6.45, 7) is 0.555. The summed E-state index contributed by atoms with van der Waals surface area (Å²) in [6, 6.07) is 17.6. The fourth-order valence-electron chi connectivity index (χ4n) is 3.03. The summed E-state index contributed by atoms with van der Waals surface area (Å²) >= 11 is 0. The van der Waals surface area contributed by atoms with Crippen LogP contribution < -0.4 is 20.1 Å². The highest BCUT2D eigenvalue weighted by molar-refractivity contribution is 5.91. The fraction of sp³-hybridized carbons (Fsp3) is 0.136. The summed E-state index contributed by atoms with van der Waals surface area (Å²) in [5, 5.41) is 7.64. The van der Waals surface area contributed by atoms with Crippen LogP contribution in [0.2, 0.25) is 0 Å². The molecule has 0 atom stereocenters. The molecular formula is C22H21N5O2. The van der Waals surface area contributed by atoms with Gasteiger partial charge in [-0.25, -0.2) is 4.98 Å². The predicted octanol–water partition coefficient (Wildman–Crippen LogP) is 4.40. The maximum atomic E-state index is 5.35. The lowest BCUT2D eigenvalue weighted by Gasteiger charge is -2.11. The van der Waals surface area contributed by atoms with Gasteiger partial charge in [0.1, 0.15) is 5.82 Å². The number of benzene rings is 2. The molecule has 0 aliphatic carbocycles. The summed E-state index contributed by atoms with van der Waals surface area (Å²) < 4.78 is 10.6. The number of aromatic nitrogens is 3. The van der Waals surface area contributed by atoms with Gasteiger partial charge in [-0.15, -0.1) is 0 Å². The van der Waals surface area contributed by atoms with Gasteiger partial charge < -0.3 is 20.1 Å². The number of rotatable bonds is 7. The van der Waals surface area contributed by atoms with Crippen LogP contribution in [0, 0.1) is 0 Å². The minimum absolute atomic E-state index is 0.526. The third-order valence-electron chi connectivity index (χ3n) is 4.45. The van der Waals surface area contributed by atoms with Crippen LogP contribution in [-0.2, 0) is 6.54 Å². The first-order chi connectivity index (χ1) is 14.3. The molecule has 0 aliphatic rings. The molecule has 0 aliphatic heterocycles. The number of nitrogens with zero attached hydrogens (tertiary/aromatic N) is 3. The fourth-order valence-corrected chi connectivity index (χ4v) is 3.03. The van der Waals surface area contributed by atoms with E-state index >= 15 is 0 Å². The molecule has 0 radical (unpaired) electrons. The van der Waals surface area contributed by atoms with Gasteiger partial charge in [-0.1, -0.05) is 24.3 Å². The summed E-state index contributed by atoms with van der Waals surface area (Å²) in [5.41, 5.74) is 2.82. The van der Waals surface area contributed by atoms with Crippen LogP contribution in [0.15, 0.2) is 67.0 Å². The molecule has 2 heterocycles. The van der Waals surface area contributed by atoms with Gasteiger partial charge in [0.2, 0.25) is 5.95 Å². The van der Waals surface area contributed by atoms with Crippen LogP contribution in [0.5, 0.6) is 11.5 Å². The van der Waals surface area contributed by atoms with Gasteiger partial charge in [0.25, 0.3) is 0 Å². The lowest BCUT2D eigenvalue weighted by atomic mass is 10.2. The molecule has 146 valence electrons. The Hall–Kier alpha value is -3.87. The first-order valence-corrected chi connectivity index (χ1v) is 9.15. The van der Waals surface area contributed by atoms with E-state index in [0.717, 1.165) is 22.2 Å². The zero-order chi connectivity index (χ0) is 20.1. The highest BCUT2D eigenvalue weighted by atomic mass is 16.5. The van der Waals surface area contributed by atoms with Crippen molar-refractivity contribution in [1.82, 2.24) is 15.0 Å². The summed E-state index contributed by atoms with van der Waals surface area (Å²) in [6.07, 6.45) is 3.49. The van der Waals surface area contributed by atoms with Crippen molar-refractivity contribution in [1.29, 1.82) is 0 Å². The van der Waals surface area contributed by atoms with E-state index in [4.69, 9.17) is 9.47 Å². The van der Waals surface area contributed by atoms with Crippen LogP contribution in [0.4, 0.5) is 17.5 Å². The van der Waals surface area contributed by atoms with Gasteiger partial charge >= 0.3 is 0 Å². The van der Waals surface area contributed by atoms with Crippen molar-refractivity contribution in [3.8, 4) is 11.5 Å². The highest BCUT2D eigenvalue weighted by Crippen LogP contribution is 2.28. The Kier molecular flexibility index (Phi) is 5.38. The quantitative estimate of drug-likeness (QED) is 0.486. The van der Waals surface area contributed by atoms with Crippen molar-refractivity contribution < 1.29 is 9.47 Å². The molecule has 7 nitrogen and oxygen atoms in total. The molecule has 0 unspecified atom stereocenters. The Morgan fingerprint density at radius 2 is 1.72 bits per heavy atom. The number of methoxy groups -OCH3 is 2. The number of fused-ring (bicyclic) bond motifs is 1. The van der Waals surface area contributed by atoms with Gasteiger partial charge in [-0.05, 0) is 35.9 Å². The number of nitrogens with one attached hydrogen (secondary N) is 2. The normalized spacial score (nSPS) is 10.6. The molecule has 2 N–H and O–H groups in total. The molecular weight excluding hydrogens is 366 g/mol. The van der Waals surface area contributed by atoms with E-state index in [1.807, 2.05) is 54.6 Å². The van der Waals surface area contributed by atoms with Gasteiger partial charge in [-0.3, -0.25) is 4.98 Å². The van der Waals surface area contributed by atoms with Crippen molar-refractivity contribution in [3.05, 3.63) is 72.6 Å². The van der Waals surface area contributed by atoms with Crippen molar-refractivity contribution in [2.45, 2.75) is 6.54 Å². The van der Waals surface area contributed by atoms with E-state index in [2.05, 4.69) is 25.6 Å². The predicted molar refractivity (Wildman–Crippen MR) is 114 cm³/mol. The summed E-state index contributed by atoms with van der Waals surface area (Å²) in [5.74, 6) is 2.60. The van der Waals surface area contributed by atoms with Crippen LogP contribution in [0.1, 0.15) is 5.56 Å². The van der Waals surface area contributed by atoms with E-state index < -0.39 is 0 Å². The standard InChI is InChI=1S/C22H21N5O2/c1-28-18-9-8-15(13-19(18)29-2)14-25-22-24-12-10-20(27-22)26-17-7-3-5-16-6-4-11-23-21(16)17/h3-13H,14H2,1-2H3,(H2,24,25,26,27). The maximum absolute atomic E-state index is 5.35. The van der Waals surface area contributed by atoms with Crippen molar-refractivity contribution in [3.63, 3.8) is 0 Å². The average molecular weight is 387 g/mol. The topological polar surface area (TPSA) is 81.2 Å². The Labute approximate surface area is 168 Å². The Morgan fingerprint density at radius 1 is 0.862 bits per heavy atom. The second-order valence-electron chi connectivity index (χ2n) is 6.31. The van der Waals surface area contributed by atoms with E-state index in [9.17, 15) is 0 Å². The molecule has 0 spiro atoms. The van der Waals surface area contributed by atoms with Crippen LogP contribution in [0.3, 0.4) is 0 Å². The largest absolute Gasteiger partial charge is 0.493 e. The lowest BCUT2D eigenvalue weighted by molar-refractivity contribution is 0.354. The monoisotopic (exact) mass is 387 g/mol. The summed E-state index contributed by atoms with van der Waals surface area (Å²) in [4.78, 5) is 13.3. The summed E-state index contributed by atoms with van der Waals surface area (Å²) in [7, 11) is 3.24. The van der Waals surface area contributed by atoms with Gasteiger partial charge in [0.15, 0.2) is 11.5 Å². The molecule has 7 heteroatoms. The van der Waals surface area contributed by atoms with Crippen molar-refractivity contribution >= 4 is 28.4 Å². The number of hydrogen-bond acceptors (Lipinski definition) is 7. The molecule has 2 aromatic carbocycles. The number of para-hydroxylation sites is 1. The molecule has 0 amide bonds. The second-order valence-corrected chi connectivity index (χ2v) is 6.31. The van der Waals surface area contributed by atoms with Crippen LogP contribution >= 0.6 is 0 Å². The Balaban J connectivity index is 1.49. The number of anilines is 3. The highest BCUT2D eigenvalue weighted by Gasteiger charge is 2.07. The number of pyridine rings is 1. The zero-order valence-electron chi connectivity index (χ0n) is 16.2. The second kappa shape index (κ2) is 8.43. The van der Waals surface area contributed by atoms with Crippen molar-refractivity contribution in [2.24, 2.45) is 0 Å². The third kappa shape index (κ3) is 4.19. The smallest absolute Gasteiger partial charge is 0.224 e. The maximum Gasteiger partial charge on any atom is 0.224 e. The average Bonchev–Trinajstić information content (AvgIpc) is 2.78. The Morgan fingerprint density at radius 3 is 2.59 bits per heavy atom.